The maximum atomic E-state index is 13.4. The van der Waals surface area contributed by atoms with E-state index in [0.717, 1.165) is 38.5 Å². The van der Waals surface area contributed by atoms with Gasteiger partial charge >= 0.3 is 11.9 Å². The summed E-state index contributed by atoms with van der Waals surface area (Å²) in [5.41, 5.74) is 0.226. The Balaban J connectivity index is 1.74. The fraction of sp³-hybridized carbons (Fsp3) is 0.833. The molecule has 8 atom stereocenters. The summed E-state index contributed by atoms with van der Waals surface area (Å²) in [5, 5.41) is 0. The molecule has 30 heavy (non-hydrogen) atoms. The monoisotopic (exact) mass is 432 g/mol. The summed E-state index contributed by atoms with van der Waals surface area (Å²) >= 11 is 0. The van der Waals surface area contributed by atoms with Gasteiger partial charge in [-0.05, 0) is 81.8 Å². The normalized spacial score (nSPS) is 49.3. The third kappa shape index (κ3) is 2.44. The molecule has 0 N–H and O–H groups in total. The van der Waals surface area contributed by atoms with Crippen LogP contribution in [-0.2, 0) is 23.5 Å². The standard InChI is InChI=1S/C24H36O5Si/c1-14-11-24-12-15(14)10-16(29-30(4,5)6)18(24)23-9-7-8-22(2,21(26)28-13-23)19(23)17(24)20(25)27-3/h15-19H,1,7-13H2,2-6H3/t15?,16-,17-,18+,19-,22?,23-,24-/m1/s1. The van der Waals surface area contributed by atoms with Crippen LogP contribution in [0, 0.1) is 39.9 Å². The lowest BCUT2D eigenvalue weighted by Crippen LogP contribution is -2.60. The summed E-state index contributed by atoms with van der Waals surface area (Å²) in [6.45, 7) is 13.7. The molecule has 5 aliphatic rings. The van der Waals surface area contributed by atoms with Gasteiger partial charge in [-0.1, -0.05) is 18.6 Å². The topological polar surface area (TPSA) is 61.8 Å². The van der Waals surface area contributed by atoms with E-state index in [4.69, 9.17) is 13.9 Å². The first-order chi connectivity index (χ1) is 14.0. The Labute approximate surface area is 181 Å². The van der Waals surface area contributed by atoms with Gasteiger partial charge in [-0.15, -0.1) is 0 Å². The van der Waals surface area contributed by atoms with Gasteiger partial charge in [-0.25, -0.2) is 0 Å². The molecule has 1 spiro atoms. The van der Waals surface area contributed by atoms with Crippen LogP contribution in [0.3, 0.4) is 0 Å². The first kappa shape index (κ1) is 20.7. The summed E-state index contributed by atoms with van der Waals surface area (Å²) in [6, 6.07) is 0. The first-order valence-electron chi connectivity index (χ1n) is 11.6. The van der Waals surface area contributed by atoms with Crippen molar-refractivity contribution in [3.8, 4) is 0 Å². The largest absolute Gasteiger partial charge is 0.469 e. The zero-order valence-electron chi connectivity index (χ0n) is 19.1. The number of allylic oxidation sites excluding steroid dienone is 1. The Morgan fingerprint density at radius 2 is 1.93 bits per heavy atom. The second kappa shape index (κ2) is 6.22. The van der Waals surface area contributed by atoms with Crippen LogP contribution in [0.25, 0.3) is 0 Å². The van der Waals surface area contributed by atoms with Crippen molar-refractivity contribution >= 4 is 20.3 Å². The zero-order valence-corrected chi connectivity index (χ0v) is 20.1. The van der Waals surface area contributed by atoms with Crippen LogP contribution in [0.4, 0.5) is 0 Å². The second-order valence-corrected chi connectivity index (χ2v) is 16.5. The molecule has 1 saturated heterocycles. The molecule has 4 bridgehead atoms. The van der Waals surface area contributed by atoms with E-state index in [9.17, 15) is 9.59 Å². The molecule has 5 nitrogen and oxygen atoms in total. The number of ether oxygens (including phenoxy) is 2. The zero-order chi connectivity index (χ0) is 21.7. The molecule has 1 aliphatic heterocycles. The number of rotatable bonds is 3. The molecule has 166 valence electrons. The van der Waals surface area contributed by atoms with Crippen molar-refractivity contribution in [3.05, 3.63) is 12.2 Å². The average molecular weight is 433 g/mol. The van der Waals surface area contributed by atoms with Gasteiger partial charge in [0.25, 0.3) is 0 Å². The van der Waals surface area contributed by atoms with Crippen LogP contribution in [-0.4, -0.2) is 40.1 Å². The molecular weight excluding hydrogens is 396 g/mol. The van der Waals surface area contributed by atoms with Crippen molar-refractivity contribution in [2.75, 3.05) is 13.7 Å². The number of fused-ring (bicyclic) bond motifs is 1. The number of carbonyl (C=O) groups is 2. The van der Waals surface area contributed by atoms with Gasteiger partial charge in [-0.3, -0.25) is 9.59 Å². The van der Waals surface area contributed by atoms with Crippen molar-refractivity contribution in [2.45, 2.75) is 71.2 Å². The number of esters is 2. The molecule has 0 aromatic rings. The molecule has 0 radical (unpaired) electrons. The highest BCUT2D eigenvalue weighted by Crippen LogP contribution is 2.79. The van der Waals surface area contributed by atoms with E-state index in [2.05, 4.69) is 26.2 Å². The van der Waals surface area contributed by atoms with Gasteiger partial charge in [-0.2, -0.15) is 0 Å². The molecule has 5 fully saturated rings. The molecule has 6 heteroatoms. The molecule has 0 aromatic heterocycles. The summed E-state index contributed by atoms with van der Waals surface area (Å²) in [6.07, 6.45) is 5.73. The van der Waals surface area contributed by atoms with E-state index in [0.29, 0.717) is 12.5 Å². The maximum absolute atomic E-state index is 13.4. The molecular formula is C24H36O5Si. The molecule has 1 heterocycles. The molecule has 0 amide bonds. The van der Waals surface area contributed by atoms with E-state index in [1.54, 1.807) is 0 Å². The average Bonchev–Trinajstić information content (AvgIpc) is 3.06. The predicted molar refractivity (Wildman–Crippen MR) is 115 cm³/mol. The predicted octanol–water partition coefficient (Wildman–Crippen LogP) is 4.33. The molecule has 2 unspecified atom stereocenters. The van der Waals surface area contributed by atoms with Gasteiger partial charge in [0.2, 0.25) is 0 Å². The van der Waals surface area contributed by atoms with Gasteiger partial charge < -0.3 is 13.9 Å². The Bertz CT molecular complexity index is 817. The van der Waals surface area contributed by atoms with Crippen LogP contribution < -0.4 is 0 Å². The Hall–Kier alpha value is -1.14. The Kier molecular flexibility index (Phi) is 4.30. The van der Waals surface area contributed by atoms with Crippen molar-refractivity contribution < 1.29 is 23.5 Å². The maximum Gasteiger partial charge on any atom is 0.312 e. The highest BCUT2D eigenvalue weighted by molar-refractivity contribution is 6.69. The SMILES string of the molecule is C=C1C[C@]23CC1C[C@@H](O[Si](C)(C)C)[C@H]2[C@@]12CCCC(C)(C(=O)OC1)[C@H]2[C@@H]3C(=O)OC. The summed E-state index contributed by atoms with van der Waals surface area (Å²) < 4.78 is 18.2. The quantitative estimate of drug-likeness (QED) is 0.377. The van der Waals surface area contributed by atoms with Gasteiger partial charge in [0.15, 0.2) is 8.32 Å². The van der Waals surface area contributed by atoms with Crippen molar-refractivity contribution in [1.29, 1.82) is 0 Å². The van der Waals surface area contributed by atoms with E-state index in [1.807, 2.05) is 6.92 Å². The fourth-order valence-electron chi connectivity index (χ4n) is 8.91. The minimum absolute atomic E-state index is 0.0326. The lowest BCUT2D eigenvalue weighted by atomic mass is 9.51. The summed E-state index contributed by atoms with van der Waals surface area (Å²) in [5.74, 6) is 0.0412. The van der Waals surface area contributed by atoms with Crippen LogP contribution in [0.1, 0.15) is 45.4 Å². The minimum Gasteiger partial charge on any atom is -0.469 e. The lowest BCUT2D eigenvalue weighted by Gasteiger charge is -2.57. The highest BCUT2D eigenvalue weighted by atomic mass is 28.4. The fourth-order valence-corrected chi connectivity index (χ4v) is 10.1. The smallest absolute Gasteiger partial charge is 0.312 e. The third-order valence-electron chi connectivity index (χ3n) is 9.38. The lowest BCUT2D eigenvalue weighted by molar-refractivity contribution is -0.204. The molecule has 5 rings (SSSR count). The van der Waals surface area contributed by atoms with Crippen molar-refractivity contribution in [2.24, 2.45) is 39.9 Å². The van der Waals surface area contributed by atoms with Gasteiger partial charge in [0.05, 0.1) is 25.0 Å². The van der Waals surface area contributed by atoms with E-state index in [-0.39, 0.29) is 46.6 Å². The van der Waals surface area contributed by atoms with Crippen LogP contribution in [0.2, 0.25) is 19.6 Å². The van der Waals surface area contributed by atoms with Crippen molar-refractivity contribution in [3.63, 3.8) is 0 Å². The first-order valence-corrected chi connectivity index (χ1v) is 15.0. The number of methoxy groups -OCH3 is 1. The number of carbonyl (C=O) groups excluding carboxylic acids is 2. The molecule has 4 aliphatic carbocycles. The van der Waals surface area contributed by atoms with Crippen molar-refractivity contribution in [1.82, 2.24) is 0 Å². The second-order valence-electron chi connectivity index (χ2n) is 12.0. The number of cyclic esters (lactones) is 1. The summed E-state index contributed by atoms with van der Waals surface area (Å²) in [4.78, 5) is 26.5. The van der Waals surface area contributed by atoms with E-state index < -0.39 is 13.7 Å². The van der Waals surface area contributed by atoms with Gasteiger partial charge in [0.1, 0.15) is 0 Å². The van der Waals surface area contributed by atoms with E-state index in [1.165, 1.54) is 12.7 Å². The third-order valence-corrected chi connectivity index (χ3v) is 10.4. The Morgan fingerprint density at radius 1 is 1.20 bits per heavy atom. The highest BCUT2D eigenvalue weighted by Gasteiger charge is 2.80. The molecule has 4 saturated carbocycles. The number of hydrogen-bond acceptors (Lipinski definition) is 5. The van der Waals surface area contributed by atoms with Crippen LogP contribution in [0.15, 0.2) is 12.2 Å². The van der Waals surface area contributed by atoms with Gasteiger partial charge in [0, 0.05) is 11.5 Å². The Morgan fingerprint density at radius 3 is 2.60 bits per heavy atom. The van der Waals surface area contributed by atoms with Crippen LogP contribution >= 0.6 is 0 Å². The molecule has 0 aromatic carbocycles. The number of hydrogen-bond donors (Lipinski definition) is 0. The summed E-state index contributed by atoms with van der Waals surface area (Å²) in [7, 11) is -0.307. The van der Waals surface area contributed by atoms with E-state index >= 15 is 0 Å². The minimum atomic E-state index is -1.81. The van der Waals surface area contributed by atoms with Crippen LogP contribution in [0.5, 0.6) is 0 Å².